The molecule has 0 unspecified atom stereocenters. The SMILES string of the molecule is CCN1CCC(CN)(N2CCCOc3ccccc32)CC1. The zero-order valence-electron chi connectivity index (χ0n) is 13.1. The number of nitrogens with zero attached hydrogens (tertiary/aromatic N) is 2. The molecule has 4 heteroatoms. The van der Waals surface area contributed by atoms with Gasteiger partial charge in [0.25, 0.3) is 0 Å². The summed E-state index contributed by atoms with van der Waals surface area (Å²) in [6.45, 7) is 8.24. The number of nitrogens with two attached hydrogens (primary N) is 1. The van der Waals surface area contributed by atoms with E-state index >= 15 is 0 Å². The summed E-state index contributed by atoms with van der Waals surface area (Å²) in [5.41, 5.74) is 7.58. The predicted octanol–water partition coefficient (Wildman–Crippen LogP) is 2.09. The minimum Gasteiger partial charge on any atom is -0.491 e. The van der Waals surface area contributed by atoms with Crippen molar-refractivity contribution in [2.75, 3.05) is 44.2 Å². The van der Waals surface area contributed by atoms with Gasteiger partial charge in [-0.25, -0.2) is 0 Å². The van der Waals surface area contributed by atoms with E-state index in [1.807, 2.05) is 0 Å². The Bertz CT molecular complexity index is 469. The molecular weight excluding hydrogens is 262 g/mol. The molecule has 2 aliphatic heterocycles. The lowest BCUT2D eigenvalue weighted by molar-refractivity contribution is 0.164. The maximum absolute atomic E-state index is 6.26. The van der Waals surface area contributed by atoms with E-state index in [0.29, 0.717) is 0 Å². The largest absolute Gasteiger partial charge is 0.491 e. The molecule has 116 valence electrons. The van der Waals surface area contributed by atoms with Crippen LogP contribution in [0.5, 0.6) is 5.75 Å². The number of ether oxygens (including phenoxy) is 1. The van der Waals surface area contributed by atoms with Crippen LogP contribution in [-0.4, -0.2) is 49.8 Å². The Hall–Kier alpha value is -1.26. The minimum atomic E-state index is 0.0927. The average molecular weight is 289 g/mol. The average Bonchev–Trinajstić information content (AvgIpc) is 2.78. The summed E-state index contributed by atoms with van der Waals surface area (Å²) in [5.74, 6) is 1.01. The Morgan fingerprint density at radius 3 is 2.67 bits per heavy atom. The topological polar surface area (TPSA) is 41.7 Å². The summed E-state index contributed by atoms with van der Waals surface area (Å²) in [6.07, 6.45) is 3.35. The fourth-order valence-electron chi connectivity index (χ4n) is 3.69. The van der Waals surface area contributed by atoms with E-state index in [1.54, 1.807) is 0 Å². The Balaban J connectivity index is 1.90. The van der Waals surface area contributed by atoms with E-state index in [0.717, 1.165) is 64.3 Å². The quantitative estimate of drug-likeness (QED) is 0.925. The molecule has 21 heavy (non-hydrogen) atoms. The van der Waals surface area contributed by atoms with Crippen LogP contribution in [0.1, 0.15) is 26.2 Å². The predicted molar refractivity (Wildman–Crippen MR) is 87.0 cm³/mol. The van der Waals surface area contributed by atoms with Gasteiger partial charge in [-0.05, 0) is 37.9 Å². The number of para-hydroxylation sites is 2. The lowest BCUT2D eigenvalue weighted by Crippen LogP contribution is -2.60. The molecule has 1 saturated heterocycles. The molecular formula is C17H27N3O. The second-order valence-corrected chi connectivity index (χ2v) is 6.18. The van der Waals surface area contributed by atoms with Crippen LogP contribution >= 0.6 is 0 Å². The van der Waals surface area contributed by atoms with Crippen molar-refractivity contribution in [3.63, 3.8) is 0 Å². The fourth-order valence-corrected chi connectivity index (χ4v) is 3.69. The van der Waals surface area contributed by atoms with Gasteiger partial charge in [-0.3, -0.25) is 0 Å². The highest BCUT2D eigenvalue weighted by Crippen LogP contribution is 2.39. The number of rotatable bonds is 3. The molecule has 4 nitrogen and oxygen atoms in total. The van der Waals surface area contributed by atoms with Gasteiger partial charge in [-0.2, -0.15) is 0 Å². The summed E-state index contributed by atoms with van der Waals surface area (Å²) >= 11 is 0. The van der Waals surface area contributed by atoms with Crippen LogP contribution in [0.15, 0.2) is 24.3 Å². The molecule has 1 aromatic carbocycles. The molecule has 0 amide bonds. The fraction of sp³-hybridized carbons (Fsp3) is 0.647. The molecule has 0 aliphatic carbocycles. The molecule has 2 N–H and O–H groups in total. The van der Waals surface area contributed by atoms with E-state index in [4.69, 9.17) is 10.5 Å². The first-order valence-corrected chi connectivity index (χ1v) is 8.21. The Morgan fingerprint density at radius 1 is 1.19 bits per heavy atom. The highest BCUT2D eigenvalue weighted by atomic mass is 16.5. The van der Waals surface area contributed by atoms with Crippen molar-refractivity contribution in [2.45, 2.75) is 31.7 Å². The smallest absolute Gasteiger partial charge is 0.142 e. The summed E-state index contributed by atoms with van der Waals surface area (Å²) in [7, 11) is 0. The summed E-state index contributed by atoms with van der Waals surface area (Å²) in [5, 5.41) is 0. The molecule has 3 rings (SSSR count). The molecule has 1 fully saturated rings. The van der Waals surface area contributed by atoms with E-state index in [2.05, 4.69) is 41.0 Å². The van der Waals surface area contributed by atoms with Crippen molar-refractivity contribution in [2.24, 2.45) is 5.73 Å². The molecule has 0 atom stereocenters. The summed E-state index contributed by atoms with van der Waals surface area (Å²) in [4.78, 5) is 5.07. The van der Waals surface area contributed by atoms with E-state index in [1.165, 1.54) is 5.69 Å². The number of fused-ring (bicyclic) bond motifs is 1. The van der Waals surface area contributed by atoms with E-state index in [-0.39, 0.29) is 5.54 Å². The zero-order chi connectivity index (χ0) is 14.7. The van der Waals surface area contributed by atoms with Crippen molar-refractivity contribution >= 4 is 5.69 Å². The van der Waals surface area contributed by atoms with Gasteiger partial charge in [0.15, 0.2) is 0 Å². The van der Waals surface area contributed by atoms with Crippen molar-refractivity contribution in [3.05, 3.63) is 24.3 Å². The molecule has 2 heterocycles. The van der Waals surface area contributed by atoms with E-state index in [9.17, 15) is 0 Å². The van der Waals surface area contributed by atoms with Crippen LogP contribution in [-0.2, 0) is 0 Å². The standard InChI is InChI=1S/C17H27N3O/c1-2-19-11-8-17(14-18,9-12-19)20-10-5-13-21-16-7-4-3-6-15(16)20/h3-4,6-7H,2,5,8-14,18H2,1H3. The first-order valence-electron chi connectivity index (χ1n) is 8.21. The van der Waals surface area contributed by atoms with Gasteiger partial charge in [-0.1, -0.05) is 19.1 Å². The van der Waals surface area contributed by atoms with Crippen LogP contribution in [0.3, 0.4) is 0 Å². The van der Waals surface area contributed by atoms with Gasteiger partial charge < -0.3 is 20.3 Å². The maximum atomic E-state index is 6.26. The zero-order valence-corrected chi connectivity index (χ0v) is 13.1. The van der Waals surface area contributed by atoms with Crippen LogP contribution in [0.25, 0.3) is 0 Å². The molecule has 2 aliphatic rings. The number of anilines is 1. The lowest BCUT2D eigenvalue weighted by atomic mass is 9.84. The van der Waals surface area contributed by atoms with Gasteiger partial charge in [-0.15, -0.1) is 0 Å². The Labute approximate surface area is 127 Å². The highest BCUT2D eigenvalue weighted by Gasteiger charge is 2.40. The molecule has 0 bridgehead atoms. The third-order valence-corrected chi connectivity index (χ3v) is 5.13. The van der Waals surface area contributed by atoms with Gasteiger partial charge in [0.05, 0.1) is 17.8 Å². The Morgan fingerprint density at radius 2 is 1.95 bits per heavy atom. The molecule has 0 spiro atoms. The number of likely N-dealkylation sites (tertiary alicyclic amines) is 1. The second-order valence-electron chi connectivity index (χ2n) is 6.18. The van der Waals surface area contributed by atoms with Crippen molar-refractivity contribution in [3.8, 4) is 5.75 Å². The maximum Gasteiger partial charge on any atom is 0.142 e. The molecule has 1 aromatic rings. The van der Waals surface area contributed by atoms with Gasteiger partial charge in [0, 0.05) is 26.2 Å². The van der Waals surface area contributed by atoms with Gasteiger partial charge >= 0.3 is 0 Å². The van der Waals surface area contributed by atoms with Gasteiger partial charge in [0.1, 0.15) is 5.75 Å². The number of hydrogen-bond acceptors (Lipinski definition) is 4. The Kier molecular flexibility index (Phi) is 4.36. The number of benzene rings is 1. The number of hydrogen-bond donors (Lipinski definition) is 1. The summed E-state index contributed by atoms with van der Waals surface area (Å²) < 4.78 is 5.91. The van der Waals surface area contributed by atoms with Crippen molar-refractivity contribution in [1.29, 1.82) is 0 Å². The monoisotopic (exact) mass is 289 g/mol. The van der Waals surface area contributed by atoms with Crippen LogP contribution in [0, 0.1) is 0 Å². The summed E-state index contributed by atoms with van der Waals surface area (Å²) in [6, 6.07) is 8.42. The lowest BCUT2D eigenvalue weighted by Gasteiger charge is -2.49. The molecule has 0 aromatic heterocycles. The third kappa shape index (κ3) is 2.74. The first-order chi connectivity index (χ1) is 10.3. The molecule has 0 saturated carbocycles. The first kappa shape index (κ1) is 14.7. The van der Waals surface area contributed by atoms with Crippen LogP contribution in [0.4, 0.5) is 5.69 Å². The number of piperidine rings is 1. The van der Waals surface area contributed by atoms with Gasteiger partial charge in [0.2, 0.25) is 0 Å². The molecule has 0 radical (unpaired) electrons. The minimum absolute atomic E-state index is 0.0927. The highest BCUT2D eigenvalue weighted by molar-refractivity contribution is 5.61. The van der Waals surface area contributed by atoms with Crippen LogP contribution < -0.4 is 15.4 Å². The third-order valence-electron chi connectivity index (χ3n) is 5.13. The van der Waals surface area contributed by atoms with Crippen LogP contribution in [0.2, 0.25) is 0 Å². The van der Waals surface area contributed by atoms with E-state index < -0.39 is 0 Å². The van der Waals surface area contributed by atoms with Crippen molar-refractivity contribution < 1.29 is 4.74 Å². The van der Waals surface area contributed by atoms with Crippen molar-refractivity contribution in [1.82, 2.24) is 4.90 Å². The normalized spacial score (nSPS) is 22.3. The second kappa shape index (κ2) is 6.24.